The number of hydrogen-bond acceptors (Lipinski definition) is 1. The lowest BCUT2D eigenvalue weighted by molar-refractivity contribution is 0.113. The average molecular weight is 207 g/mol. The maximum Gasteiger partial charge on any atom is 0.407 e. The summed E-state index contributed by atoms with van der Waals surface area (Å²) in [4.78, 5) is 12.5. The van der Waals surface area contributed by atoms with Gasteiger partial charge in [0, 0.05) is 24.6 Å². The Morgan fingerprint density at radius 2 is 2.33 bits per heavy atom. The molecule has 0 aromatic rings. The second-order valence-corrected chi connectivity index (χ2v) is 4.05. The minimum absolute atomic E-state index is 0.0587. The maximum atomic E-state index is 11.0. The molecule has 0 fully saturated rings. The van der Waals surface area contributed by atoms with Crippen LogP contribution in [0.5, 0.6) is 0 Å². The molecule has 1 aliphatic rings. The molecule has 1 unspecified atom stereocenters. The van der Waals surface area contributed by atoms with Crippen LogP contribution < -0.4 is 0 Å². The molecule has 0 aromatic carbocycles. The van der Waals surface area contributed by atoms with Gasteiger partial charge in [-0.3, -0.25) is 0 Å². The van der Waals surface area contributed by atoms with Gasteiger partial charge < -0.3 is 10.0 Å². The molecular weight excluding hydrogens is 190 g/mol. The molecule has 3 heteroatoms. The minimum atomic E-state index is -0.839. The molecule has 0 aromatic heterocycles. The molecule has 1 heterocycles. The van der Waals surface area contributed by atoms with Crippen molar-refractivity contribution in [2.24, 2.45) is 5.92 Å². The number of hydrogen-bond donors (Lipinski definition) is 1. The zero-order valence-electron chi connectivity index (χ0n) is 9.45. The summed E-state index contributed by atoms with van der Waals surface area (Å²) in [5.41, 5.74) is 1.06. The second kappa shape index (κ2) is 4.88. The standard InChI is InChI=1S/C12H17NO2/c1-4-5-10-6-7-13(12(14)15)11(8-10)9(2)3/h6,9,11H,7-8H2,1-3H3,(H,14,15). The number of nitrogens with zero attached hydrogens (tertiary/aromatic N) is 1. The molecule has 1 atom stereocenters. The van der Waals surface area contributed by atoms with Crippen LogP contribution >= 0.6 is 0 Å². The summed E-state index contributed by atoms with van der Waals surface area (Å²) in [6, 6.07) is 0.0587. The summed E-state index contributed by atoms with van der Waals surface area (Å²) in [7, 11) is 0. The summed E-state index contributed by atoms with van der Waals surface area (Å²) in [6.45, 7) is 6.35. The summed E-state index contributed by atoms with van der Waals surface area (Å²) in [5, 5.41) is 9.03. The molecule has 0 saturated carbocycles. The van der Waals surface area contributed by atoms with Crippen LogP contribution in [-0.2, 0) is 0 Å². The van der Waals surface area contributed by atoms with Gasteiger partial charge in [-0.1, -0.05) is 25.8 Å². The number of carboxylic acid groups (broad SMARTS) is 1. The van der Waals surface area contributed by atoms with E-state index in [2.05, 4.69) is 11.8 Å². The van der Waals surface area contributed by atoms with E-state index in [9.17, 15) is 4.79 Å². The topological polar surface area (TPSA) is 40.5 Å². The lowest BCUT2D eigenvalue weighted by Gasteiger charge is -2.34. The lowest BCUT2D eigenvalue weighted by Crippen LogP contribution is -2.45. The first-order valence-corrected chi connectivity index (χ1v) is 5.17. The van der Waals surface area contributed by atoms with Gasteiger partial charge in [0.25, 0.3) is 0 Å². The van der Waals surface area contributed by atoms with E-state index in [0.717, 1.165) is 12.0 Å². The van der Waals surface area contributed by atoms with Crippen LogP contribution in [-0.4, -0.2) is 28.7 Å². The first-order valence-electron chi connectivity index (χ1n) is 5.17. The molecule has 0 saturated heterocycles. The van der Waals surface area contributed by atoms with Crippen molar-refractivity contribution in [3.8, 4) is 11.8 Å². The Hall–Kier alpha value is -1.43. The summed E-state index contributed by atoms with van der Waals surface area (Å²) in [5.74, 6) is 6.20. The Morgan fingerprint density at radius 3 is 2.80 bits per heavy atom. The number of amides is 1. The molecule has 0 aliphatic carbocycles. The summed E-state index contributed by atoms with van der Waals surface area (Å²) in [6.07, 6.45) is 1.81. The van der Waals surface area contributed by atoms with Crippen LogP contribution in [0.1, 0.15) is 27.2 Å². The molecule has 1 rings (SSSR count). The zero-order valence-corrected chi connectivity index (χ0v) is 9.45. The lowest BCUT2D eigenvalue weighted by atomic mass is 9.92. The zero-order chi connectivity index (χ0) is 11.4. The average Bonchev–Trinajstić information content (AvgIpc) is 2.17. The van der Waals surface area contributed by atoms with Crippen LogP contribution in [0.2, 0.25) is 0 Å². The highest BCUT2D eigenvalue weighted by Gasteiger charge is 2.28. The van der Waals surface area contributed by atoms with Gasteiger partial charge in [-0.25, -0.2) is 4.79 Å². The molecule has 1 aliphatic heterocycles. The van der Waals surface area contributed by atoms with E-state index in [1.807, 2.05) is 19.9 Å². The Morgan fingerprint density at radius 1 is 1.67 bits per heavy atom. The summed E-state index contributed by atoms with van der Waals surface area (Å²) < 4.78 is 0. The van der Waals surface area contributed by atoms with Gasteiger partial charge in [-0.15, -0.1) is 5.92 Å². The highest BCUT2D eigenvalue weighted by molar-refractivity contribution is 5.66. The highest BCUT2D eigenvalue weighted by atomic mass is 16.4. The molecule has 82 valence electrons. The fraction of sp³-hybridized carbons (Fsp3) is 0.583. The van der Waals surface area contributed by atoms with Gasteiger partial charge in [-0.2, -0.15) is 0 Å². The monoisotopic (exact) mass is 207 g/mol. The fourth-order valence-corrected chi connectivity index (χ4v) is 1.84. The smallest absolute Gasteiger partial charge is 0.407 e. The third-order valence-corrected chi connectivity index (χ3v) is 2.66. The number of rotatable bonds is 1. The van der Waals surface area contributed by atoms with Gasteiger partial charge in [0.1, 0.15) is 0 Å². The van der Waals surface area contributed by atoms with Crippen LogP contribution in [0.25, 0.3) is 0 Å². The summed E-state index contributed by atoms with van der Waals surface area (Å²) >= 11 is 0. The van der Waals surface area contributed by atoms with Gasteiger partial charge in [0.15, 0.2) is 0 Å². The van der Waals surface area contributed by atoms with E-state index in [1.165, 1.54) is 4.90 Å². The Kier molecular flexibility index (Phi) is 3.79. The Balaban J connectivity index is 2.85. The van der Waals surface area contributed by atoms with Gasteiger partial charge in [0.05, 0.1) is 0 Å². The van der Waals surface area contributed by atoms with E-state index < -0.39 is 6.09 Å². The van der Waals surface area contributed by atoms with Crippen LogP contribution in [0.15, 0.2) is 11.6 Å². The molecule has 1 N–H and O–H groups in total. The van der Waals surface area contributed by atoms with Crippen molar-refractivity contribution in [3.63, 3.8) is 0 Å². The third kappa shape index (κ3) is 2.76. The predicted octanol–water partition coefficient (Wildman–Crippen LogP) is 2.34. The van der Waals surface area contributed by atoms with Crippen molar-refractivity contribution in [2.45, 2.75) is 33.2 Å². The van der Waals surface area contributed by atoms with Crippen molar-refractivity contribution in [1.29, 1.82) is 0 Å². The molecule has 15 heavy (non-hydrogen) atoms. The minimum Gasteiger partial charge on any atom is -0.465 e. The number of carbonyl (C=O) groups is 1. The predicted molar refractivity (Wildman–Crippen MR) is 59.5 cm³/mol. The molecule has 0 radical (unpaired) electrons. The van der Waals surface area contributed by atoms with E-state index in [-0.39, 0.29) is 6.04 Å². The molecular formula is C12H17NO2. The van der Waals surface area contributed by atoms with Crippen molar-refractivity contribution in [1.82, 2.24) is 4.90 Å². The quantitative estimate of drug-likeness (QED) is 0.670. The highest BCUT2D eigenvalue weighted by Crippen LogP contribution is 2.23. The Labute approximate surface area is 90.8 Å². The van der Waals surface area contributed by atoms with E-state index in [4.69, 9.17) is 5.11 Å². The van der Waals surface area contributed by atoms with Gasteiger partial charge >= 0.3 is 6.09 Å². The van der Waals surface area contributed by atoms with Crippen LogP contribution in [0, 0.1) is 17.8 Å². The first kappa shape index (κ1) is 11.6. The van der Waals surface area contributed by atoms with Gasteiger partial charge in [0.2, 0.25) is 0 Å². The maximum absolute atomic E-state index is 11.0. The largest absolute Gasteiger partial charge is 0.465 e. The normalized spacial score (nSPS) is 20.7. The van der Waals surface area contributed by atoms with Crippen molar-refractivity contribution >= 4 is 6.09 Å². The van der Waals surface area contributed by atoms with E-state index in [0.29, 0.717) is 12.5 Å². The van der Waals surface area contributed by atoms with Crippen molar-refractivity contribution < 1.29 is 9.90 Å². The Bertz CT molecular complexity index is 333. The van der Waals surface area contributed by atoms with E-state index in [1.54, 1.807) is 6.92 Å². The molecule has 0 bridgehead atoms. The van der Waals surface area contributed by atoms with Gasteiger partial charge in [-0.05, 0) is 12.8 Å². The van der Waals surface area contributed by atoms with Crippen LogP contribution in [0.4, 0.5) is 4.79 Å². The SMILES string of the molecule is CC#CC1=CCN(C(=O)O)C(C(C)C)C1. The van der Waals surface area contributed by atoms with Crippen molar-refractivity contribution in [2.75, 3.05) is 6.54 Å². The first-order chi connectivity index (χ1) is 7.06. The van der Waals surface area contributed by atoms with Crippen molar-refractivity contribution in [3.05, 3.63) is 11.6 Å². The second-order valence-electron chi connectivity index (χ2n) is 4.05. The third-order valence-electron chi connectivity index (χ3n) is 2.66. The van der Waals surface area contributed by atoms with E-state index >= 15 is 0 Å². The van der Waals surface area contributed by atoms with Crippen LogP contribution in [0.3, 0.4) is 0 Å². The fourth-order valence-electron chi connectivity index (χ4n) is 1.84. The molecule has 1 amide bonds. The molecule has 3 nitrogen and oxygen atoms in total. The molecule has 0 spiro atoms.